The Balaban J connectivity index is 1.95. The van der Waals surface area contributed by atoms with Gasteiger partial charge >= 0.3 is 0 Å². The second kappa shape index (κ2) is 5.69. The normalized spacial score (nSPS) is 19.6. The molecule has 3 heterocycles. The summed E-state index contributed by atoms with van der Waals surface area (Å²) < 4.78 is 1.12. The maximum absolute atomic E-state index is 4.78. The summed E-state index contributed by atoms with van der Waals surface area (Å²) in [7, 11) is 0. The Kier molecular flexibility index (Phi) is 3.96. The quantitative estimate of drug-likeness (QED) is 0.906. The first-order valence-electron chi connectivity index (χ1n) is 6.53. The van der Waals surface area contributed by atoms with E-state index in [1.54, 1.807) is 11.3 Å². The second-order valence-electron chi connectivity index (χ2n) is 4.93. The molecule has 1 unspecified atom stereocenters. The zero-order chi connectivity index (χ0) is 13.2. The molecule has 1 aliphatic rings. The minimum Gasteiger partial charge on any atom is -0.316 e. The highest BCUT2D eigenvalue weighted by molar-refractivity contribution is 9.10. The van der Waals surface area contributed by atoms with Crippen molar-refractivity contribution in [2.75, 3.05) is 13.1 Å². The number of aromatic nitrogens is 2. The van der Waals surface area contributed by atoms with E-state index in [4.69, 9.17) is 4.98 Å². The van der Waals surface area contributed by atoms with Crippen molar-refractivity contribution >= 4 is 27.3 Å². The maximum Gasteiger partial charge on any atom is 0.133 e. The average Bonchev–Trinajstić information content (AvgIpc) is 2.86. The van der Waals surface area contributed by atoms with E-state index >= 15 is 0 Å². The molecule has 0 radical (unpaired) electrons. The largest absolute Gasteiger partial charge is 0.316 e. The van der Waals surface area contributed by atoms with Crippen LogP contribution in [-0.2, 0) is 0 Å². The van der Waals surface area contributed by atoms with E-state index in [1.165, 1.54) is 17.7 Å². The van der Waals surface area contributed by atoms with Gasteiger partial charge in [-0.25, -0.2) is 9.97 Å². The van der Waals surface area contributed by atoms with E-state index in [-0.39, 0.29) is 0 Å². The van der Waals surface area contributed by atoms with Crippen LogP contribution in [0.25, 0.3) is 10.6 Å². The number of nitrogens with zero attached hydrogens (tertiary/aromatic N) is 2. The molecule has 5 heteroatoms. The number of nitrogens with one attached hydrogen (secondary N) is 1. The summed E-state index contributed by atoms with van der Waals surface area (Å²) in [6, 6.07) is 4.19. The third-order valence-electron chi connectivity index (χ3n) is 3.35. The topological polar surface area (TPSA) is 37.8 Å². The summed E-state index contributed by atoms with van der Waals surface area (Å²) in [5.74, 6) is 1.45. The SMILES string of the molecule is Cc1cc(-c2cc(Br)cs2)nc(C2CCCNC2)n1. The van der Waals surface area contributed by atoms with Crippen LogP contribution < -0.4 is 5.32 Å². The monoisotopic (exact) mass is 337 g/mol. The van der Waals surface area contributed by atoms with Gasteiger partial charge in [-0.1, -0.05) is 0 Å². The van der Waals surface area contributed by atoms with Gasteiger partial charge in [0.05, 0.1) is 10.6 Å². The number of halogens is 1. The lowest BCUT2D eigenvalue weighted by Gasteiger charge is -2.22. The first-order valence-corrected chi connectivity index (χ1v) is 8.20. The van der Waals surface area contributed by atoms with E-state index in [0.29, 0.717) is 5.92 Å². The molecule has 3 rings (SSSR count). The van der Waals surface area contributed by atoms with Crippen LogP contribution in [0, 0.1) is 6.92 Å². The number of hydrogen-bond donors (Lipinski definition) is 1. The van der Waals surface area contributed by atoms with Gasteiger partial charge in [0, 0.05) is 28.0 Å². The van der Waals surface area contributed by atoms with Crippen molar-refractivity contribution in [3.63, 3.8) is 0 Å². The van der Waals surface area contributed by atoms with Gasteiger partial charge in [-0.3, -0.25) is 0 Å². The van der Waals surface area contributed by atoms with Gasteiger partial charge in [-0.2, -0.15) is 0 Å². The van der Waals surface area contributed by atoms with Gasteiger partial charge in [0.2, 0.25) is 0 Å². The Bertz CT molecular complexity index is 576. The summed E-state index contributed by atoms with van der Waals surface area (Å²) in [4.78, 5) is 10.6. The fraction of sp³-hybridized carbons (Fsp3) is 0.429. The predicted molar refractivity (Wildman–Crippen MR) is 82.6 cm³/mol. The van der Waals surface area contributed by atoms with Crippen molar-refractivity contribution < 1.29 is 0 Å². The molecule has 0 aromatic carbocycles. The van der Waals surface area contributed by atoms with E-state index in [2.05, 4.69) is 43.7 Å². The first kappa shape index (κ1) is 13.2. The van der Waals surface area contributed by atoms with Gasteiger partial charge in [-0.05, 0) is 54.4 Å². The number of piperidine rings is 1. The van der Waals surface area contributed by atoms with E-state index in [9.17, 15) is 0 Å². The van der Waals surface area contributed by atoms with Crippen molar-refractivity contribution in [2.24, 2.45) is 0 Å². The fourth-order valence-corrected chi connectivity index (χ4v) is 3.81. The molecule has 1 aliphatic heterocycles. The molecule has 1 atom stereocenters. The van der Waals surface area contributed by atoms with Crippen molar-refractivity contribution in [3.05, 3.63) is 33.5 Å². The van der Waals surface area contributed by atoms with Crippen LogP contribution in [0.3, 0.4) is 0 Å². The fourth-order valence-electron chi connectivity index (χ4n) is 2.42. The van der Waals surface area contributed by atoms with Gasteiger partial charge in [0.25, 0.3) is 0 Å². The van der Waals surface area contributed by atoms with Gasteiger partial charge < -0.3 is 5.32 Å². The molecule has 0 bridgehead atoms. The third kappa shape index (κ3) is 3.04. The van der Waals surface area contributed by atoms with E-state index < -0.39 is 0 Å². The van der Waals surface area contributed by atoms with Gasteiger partial charge in [0.1, 0.15) is 5.82 Å². The zero-order valence-electron chi connectivity index (χ0n) is 10.8. The summed E-state index contributed by atoms with van der Waals surface area (Å²) in [6.45, 7) is 4.16. The number of rotatable bonds is 2. The average molecular weight is 338 g/mol. The lowest BCUT2D eigenvalue weighted by Crippen LogP contribution is -2.29. The van der Waals surface area contributed by atoms with Gasteiger partial charge in [0.15, 0.2) is 0 Å². The predicted octanol–water partition coefficient (Wildman–Crippen LogP) is 3.74. The standard InChI is InChI=1S/C14H16BrN3S/c1-9-5-12(13-6-11(15)8-19-13)18-14(17-9)10-3-2-4-16-7-10/h5-6,8,10,16H,2-4,7H2,1H3. The molecule has 0 spiro atoms. The molecule has 100 valence electrons. The molecule has 0 saturated carbocycles. The van der Waals surface area contributed by atoms with Crippen LogP contribution in [-0.4, -0.2) is 23.1 Å². The molecule has 1 fully saturated rings. The Labute approximate surface area is 125 Å². The molecule has 1 saturated heterocycles. The van der Waals surface area contributed by atoms with E-state index in [1.807, 2.05) is 6.92 Å². The highest BCUT2D eigenvalue weighted by Crippen LogP contribution is 2.30. The van der Waals surface area contributed by atoms with Crippen molar-refractivity contribution in [1.82, 2.24) is 15.3 Å². The van der Waals surface area contributed by atoms with Crippen LogP contribution in [0.1, 0.15) is 30.3 Å². The molecular weight excluding hydrogens is 322 g/mol. The Morgan fingerprint density at radius 1 is 1.37 bits per heavy atom. The van der Waals surface area contributed by atoms with Crippen LogP contribution in [0.5, 0.6) is 0 Å². The summed E-state index contributed by atoms with van der Waals surface area (Å²) in [5.41, 5.74) is 2.10. The van der Waals surface area contributed by atoms with Crippen LogP contribution >= 0.6 is 27.3 Å². The third-order valence-corrected chi connectivity index (χ3v) is 5.07. The zero-order valence-corrected chi connectivity index (χ0v) is 13.2. The van der Waals surface area contributed by atoms with E-state index in [0.717, 1.165) is 34.8 Å². The Morgan fingerprint density at radius 3 is 2.95 bits per heavy atom. The Morgan fingerprint density at radius 2 is 2.26 bits per heavy atom. The van der Waals surface area contributed by atoms with Gasteiger partial charge in [-0.15, -0.1) is 11.3 Å². The second-order valence-corrected chi connectivity index (χ2v) is 6.75. The molecule has 2 aromatic heterocycles. The highest BCUT2D eigenvalue weighted by Gasteiger charge is 2.19. The molecular formula is C14H16BrN3S. The van der Waals surface area contributed by atoms with Crippen molar-refractivity contribution in [3.8, 4) is 10.6 Å². The van der Waals surface area contributed by atoms with Crippen LogP contribution in [0.2, 0.25) is 0 Å². The minimum atomic E-state index is 0.454. The van der Waals surface area contributed by atoms with Crippen LogP contribution in [0.4, 0.5) is 0 Å². The minimum absolute atomic E-state index is 0.454. The molecule has 1 N–H and O–H groups in total. The van der Waals surface area contributed by atoms with Crippen molar-refractivity contribution in [1.29, 1.82) is 0 Å². The number of aryl methyl sites for hydroxylation is 1. The summed E-state index contributed by atoms with van der Waals surface area (Å²) >= 11 is 5.21. The number of hydrogen-bond acceptors (Lipinski definition) is 4. The first-order chi connectivity index (χ1) is 9.22. The molecule has 3 nitrogen and oxygen atoms in total. The molecule has 0 aliphatic carbocycles. The molecule has 19 heavy (non-hydrogen) atoms. The maximum atomic E-state index is 4.78. The lowest BCUT2D eigenvalue weighted by atomic mass is 9.98. The molecule has 0 amide bonds. The summed E-state index contributed by atoms with van der Waals surface area (Å²) in [5, 5.41) is 5.52. The lowest BCUT2D eigenvalue weighted by molar-refractivity contribution is 0.446. The smallest absolute Gasteiger partial charge is 0.133 e. The van der Waals surface area contributed by atoms with Crippen LogP contribution in [0.15, 0.2) is 22.0 Å². The Hall–Kier alpha value is -0.780. The van der Waals surface area contributed by atoms with Crippen molar-refractivity contribution in [2.45, 2.75) is 25.7 Å². The highest BCUT2D eigenvalue weighted by atomic mass is 79.9. The number of thiophene rings is 1. The summed E-state index contributed by atoms with van der Waals surface area (Å²) in [6.07, 6.45) is 2.39. The molecule has 2 aromatic rings.